The second-order valence-electron chi connectivity index (χ2n) is 6.91. The van der Waals surface area contributed by atoms with Crippen molar-refractivity contribution in [2.75, 3.05) is 6.54 Å². The number of amides is 3. The highest BCUT2D eigenvalue weighted by Crippen LogP contribution is 2.24. The van der Waals surface area contributed by atoms with Crippen molar-refractivity contribution < 1.29 is 14.4 Å². The lowest BCUT2D eigenvalue weighted by molar-refractivity contribution is -0.121. The Hall–Kier alpha value is -3.48. The van der Waals surface area contributed by atoms with Gasteiger partial charge in [0, 0.05) is 20.0 Å². The molecule has 0 saturated carbocycles. The minimum Gasteiger partial charge on any atom is -0.349 e. The van der Waals surface area contributed by atoms with E-state index >= 15 is 0 Å². The topological polar surface area (TPSA) is 84.3 Å². The zero-order valence-corrected chi connectivity index (χ0v) is 15.7. The lowest BCUT2D eigenvalue weighted by atomic mass is 10.1. The van der Waals surface area contributed by atoms with Crippen molar-refractivity contribution in [3.63, 3.8) is 0 Å². The molecule has 3 amide bonds. The number of nitrogens with one attached hydrogen (secondary N) is 1. The minimum absolute atomic E-state index is 0.0500. The molecule has 0 spiro atoms. The fraction of sp³-hybridized carbons (Fsp3) is 0.238. The number of carbonyl (C=O) groups is 3. The molecule has 1 aromatic heterocycles. The molecule has 4 rings (SSSR count). The molecule has 0 bridgehead atoms. The predicted molar refractivity (Wildman–Crippen MR) is 104 cm³/mol. The van der Waals surface area contributed by atoms with Gasteiger partial charge in [0.1, 0.15) is 5.82 Å². The number of benzene rings is 2. The first kappa shape index (κ1) is 17.9. The van der Waals surface area contributed by atoms with Gasteiger partial charge in [-0.2, -0.15) is 0 Å². The first-order valence-corrected chi connectivity index (χ1v) is 9.09. The maximum absolute atomic E-state index is 12.5. The van der Waals surface area contributed by atoms with Crippen LogP contribution in [0, 0.1) is 6.92 Å². The number of nitrogens with zero attached hydrogens (tertiary/aromatic N) is 3. The average molecular weight is 376 g/mol. The van der Waals surface area contributed by atoms with E-state index < -0.39 is 0 Å². The molecule has 1 N–H and O–H groups in total. The number of rotatable bonds is 5. The number of aromatic nitrogens is 2. The number of imide groups is 1. The maximum Gasteiger partial charge on any atom is 0.261 e. The van der Waals surface area contributed by atoms with Crippen LogP contribution in [-0.2, 0) is 18.4 Å². The van der Waals surface area contributed by atoms with Gasteiger partial charge < -0.3 is 9.88 Å². The van der Waals surface area contributed by atoms with E-state index in [2.05, 4.69) is 10.3 Å². The quantitative estimate of drug-likeness (QED) is 0.692. The Bertz CT molecular complexity index is 1120. The van der Waals surface area contributed by atoms with E-state index in [-0.39, 0.29) is 37.2 Å². The summed E-state index contributed by atoms with van der Waals surface area (Å²) in [4.78, 5) is 42.8. The van der Waals surface area contributed by atoms with Crippen molar-refractivity contribution in [3.8, 4) is 0 Å². The summed E-state index contributed by atoms with van der Waals surface area (Å²) in [5.74, 6) is -0.180. The van der Waals surface area contributed by atoms with Gasteiger partial charge in [0.15, 0.2) is 0 Å². The zero-order chi connectivity index (χ0) is 19.8. The number of fused-ring (bicyclic) bond motifs is 2. The van der Waals surface area contributed by atoms with E-state index in [4.69, 9.17) is 0 Å². The number of para-hydroxylation sites is 2. The van der Waals surface area contributed by atoms with E-state index in [0.29, 0.717) is 11.1 Å². The normalized spacial score (nSPS) is 13.3. The van der Waals surface area contributed by atoms with Gasteiger partial charge in [0.25, 0.3) is 11.8 Å². The predicted octanol–water partition coefficient (Wildman–Crippen LogP) is 2.18. The van der Waals surface area contributed by atoms with Gasteiger partial charge in [0.05, 0.1) is 28.7 Å². The zero-order valence-electron chi connectivity index (χ0n) is 15.7. The minimum atomic E-state index is -0.344. The molecule has 0 aliphatic carbocycles. The van der Waals surface area contributed by atoms with E-state index in [1.54, 1.807) is 18.2 Å². The second-order valence-corrected chi connectivity index (χ2v) is 6.91. The third kappa shape index (κ3) is 3.05. The molecule has 7 nitrogen and oxygen atoms in total. The summed E-state index contributed by atoms with van der Waals surface area (Å²) in [5, 5.41) is 2.81. The first-order valence-electron chi connectivity index (χ1n) is 9.09. The second kappa shape index (κ2) is 6.92. The molecule has 1 aliphatic heterocycles. The van der Waals surface area contributed by atoms with Crippen LogP contribution in [0.5, 0.6) is 0 Å². The highest BCUT2D eigenvalue weighted by Gasteiger charge is 2.35. The summed E-state index contributed by atoms with van der Waals surface area (Å²) in [6.07, 6.45) is 0.0500. The van der Waals surface area contributed by atoms with Crippen LogP contribution in [0.4, 0.5) is 0 Å². The Kier molecular flexibility index (Phi) is 4.43. The SMILES string of the molecule is Cc1ccc2c(c1)C(=O)N(CCC(=O)NCc1nc3ccccc3n1C)C2=O. The lowest BCUT2D eigenvalue weighted by Gasteiger charge is -2.13. The Balaban J connectivity index is 1.37. The summed E-state index contributed by atoms with van der Waals surface area (Å²) < 4.78 is 1.93. The Morgan fingerprint density at radius 1 is 1.07 bits per heavy atom. The van der Waals surface area contributed by atoms with Gasteiger partial charge in [-0.05, 0) is 31.2 Å². The van der Waals surface area contributed by atoms with Crippen LogP contribution in [0.25, 0.3) is 11.0 Å². The van der Waals surface area contributed by atoms with Gasteiger partial charge in [0.2, 0.25) is 5.91 Å². The average Bonchev–Trinajstić information content (AvgIpc) is 3.13. The Morgan fingerprint density at radius 3 is 2.61 bits per heavy atom. The van der Waals surface area contributed by atoms with Crippen molar-refractivity contribution in [1.29, 1.82) is 0 Å². The molecule has 2 aromatic carbocycles. The summed E-state index contributed by atoms with van der Waals surface area (Å²) in [6, 6.07) is 12.9. The van der Waals surface area contributed by atoms with Gasteiger partial charge in [-0.1, -0.05) is 23.8 Å². The molecule has 0 unspecified atom stereocenters. The number of imidazole rings is 1. The molecule has 1 aliphatic rings. The Labute approximate surface area is 162 Å². The van der Waals surface area contributed by atoms with Crippen LogP contribution in [-0.4, -0.2) is 38.7 Å². The molecular weight excluding hydrogens is 356 g/mol. The van der Waals surface area contributed by atoms with Crippen LogP contribution in [0.1, 0.15) is 38.5 Å². The number of carbonyl (C=O) groups excluding carboxylic acids is 3. The molecule has 0 fully saturated rings. The van der Waals surface area contributed by atoms with Crippen LogP contribution < -0.4 is 5.32 Å². The summed E-state index contributed by atoms with van der Waals surface area (Å²) in [7, 11) is 1.90. The molecule has 0 atom stereocenters. The monoisotopic (exact) mass is 376 g/mol. The maximum atomic E-state index is 12.5. The van der Waals surface area contributed by atoms with Crippen molar-refractivity contribution in [2.24, 2.45) is 7.05 Å². The van der Waals surface area contributed by atoms with Crippen molar-refractivity contribution in [1.82, 2.24) is 19.8 Å². The summed E-state index contributed by atoms with van der Waals surface area (Å²) in [5.41, 5.74) is 3.59. The third-order valence-corrected chi connectivity index (χ3v) is 5.01. The van der Waals surface area contributed by atoms with E-state index in [0.717, 1.165) is 27.3 Å². The fourth-order valence-electron chi connectivity index (χ4n) is 3.44. The van der Waals surface area contributed by atoms with Crippen LogP contribution in [0.3, 0.4) is 0 Å². The molecule has 2 heterocycles. The van der Waals surface area contributed by atoms with Crippen LogP contribution >= 0.6 is 0 Å². The van der Waals surface area contributed by atoms with Gasteiger partial charge in [-0.3, -0.25) is 19.3 Å². The first-order chi connectivity index (χ1) is 13.5. The number of aryl methyl sites for hydroxylation is 2. The van der Waals surface area contributed by atoms with Crippen molar-refractivity contribution >= 4 is 28.8 Å². The molecule has 0 radical (unpaired) electrons. The largest absolute Gasteiger partial charge is 0.349 e. The molecule has 7 heteroatoms. The highest BCUT2D eigenvalue weighted by atomic mass is 16.2. The molecule has 142 valence electrons. The van der Waals surface area contributed by atoms with E-state index in [1.807, 2.05) is 42.8 Å². The van der Waals surface area contributed by atoms with Gasteiger partial charge >= 0.3 is 0 Å². The third-order valence-electron chi connectivity index (χ3n) is 5.01. The molecule has 28 heavy (non-hydrogen) atoms. The van der Waals surface area contributed by atoms with Gasteiger partial charge in [-0.25, -0.2) is 4.98 Å². The highest BCUT2D eigenvalue weighted by molar-refractivity contribution is 6.21. The van der Waals surface area contributed by atoms with Gasteiger partial charge in [-0.15, -0.1) is 0 Å². The van der Waals surface area contributed by atoms with Crippen LogP contribution in [0.2, 0.25) is 0 Å². The Morgan fingerprint density at radius 2 is 1.82 bits per heavy atom. The molecular formula is C21H20N4O3. The van der Waals surface area contributed by atoms with Crippen molar-refractivity contribution in [3.05, 3.63) is 65.0 Å². The fourth-order valence-corrected chi connectivity index (χ4v) is 3.44. The summed E-state index contributed by atoms with van der Waals surface area (Å²) in [6.45, 7) is 2.21. The smallest absolute Gasteiger partial charge is 0.261 e. The van der Waals surface area contributed by atoms with Crippen LogP contribution in [0.15, 0.2) is 42.5 Å². The van der Waals surface area contributed by atoms with E-state index in [1.165, 1.54) is 0 Å². The number of hydrogen-bond donors (Lipinski definition) is 1. The molecule has 3 aromatic rings. The van der Waals surface area contributed by atoms with E-state index in [9.17, 15) is 14.4 Å². The standard InChI is InChI=1S/C21H20N4O3/c1-13-7-8-14-15(11-13)21(28)25(20(14)27)10-9-19(26)22-12-18-23-16-5-3-4-6-17(16)24(18)2/h3-8,11H,9-10,12H2,1-2H3,(H,22,26). The number of hydrogen-bond acceptors (Lipinski definition) is 4. The summed E-state index contributed by atoms with van der Waals surface area (Å²) >= 11 is 0. The molecule has 0 saturated heterocycles. The lowest BCUT2D eigenvalue weighted by Crippen LogP contribution is -2.34. The van der Waals surface area contributed by atoms with Crippen molar-refractivity contribution in [2.45, 2.75) is 19.9 Å².